The van der Waals surface area contributed by atoms with E-state index in [1.165, 1.54) is 12.1 Å². The summed E-state index contributed by atoms with van der Waals surface area (Å²) in [7, 11) is 0. The maximum Gasteiger partial charge on any atom is 0.337 e. The molecule has 7 nitrogen and oxygen atoms in total. The molecule has 1 fully saturated rings. The van der Waals surface area contributed by atoms with Crippen LogP contribution in [0.25, 0.3) is 0 Å². The molecule has 1 saturated heterocycles. The van der Waals surface area contributed by atoms with E-state index >= 15 is 0 Å². The molecule has 2 rings (SSSR count). The van der Waals surface area contributed by atoms with Crippen LogP contribution < -0.4 is 5.32 Å². The summed E-state index contributed by atoms with van der Waals surface area (Å²) in [5.74, 6) is -1.38. The summed E-state index contributed by atoms with van der Waals surface area (Å²) in [4.78, 5) is 24.7. The number of nitrogens with zero attached hydrogens (tertiary/aromatic N) is 1. The number of amides is 2. The van der Waals surface area contributed by atoms with E-state index in [1.807, 2.05) is 0 Å². The Morgan fingerprint density at radius 3 is 2.80 bits per heavy atom. The van der Waals surface area contributed by atoms with E-state index in [0.29, 0.717) is 26.3 Å². The second-order valence-corrected chi connectivity index (χ2v) is 4.42. The van der Waals surface area contributed by atoms with E-state index in [2.05, 4.69) is 5.32 Å². The number of carbonyl (C=O) groups excluding carboxylic acids is 1. The van der Waals surface area contributed by atoms with Crippen LogP contribution in [0.4, 0.5) is 10.5 Å². The normalized spacial score (nSPS) is 15.5. The van der Waals surface area contributed by atoms with Gasteiger partial charge in [-0.2, -0.15) is 0 Å². The lowest BCUT2D eigenvalue weighted by molar-refractivity contribution is 0.0697. The van der Waals surface area contributed by atoms with Gasteiger partial charge < -0.3 is 25.2 Å². The fraction of sp³-hybridized carbons (Fsp3) is 0.385. The van der Waals surface area contributed by atoms with Crippen LogP contribution in [0.2, 0.25) is 0 Å². The van der Waals surface area contributed by atoms with E-state index in [9.17, 15) is 14.7 Å². The van der Waals surface area contributed by atoms with E-state index in [0.717, 1.165) is 12.5 Å². The van der Waals surface area contributed by atoms with Crippen LogP contribution in [0.3, 0.4) is 0 Å². The van der Waals surface area contributed by atoms with Crippen molar-refractivity contribution >= 4 is 17.7 Å². The van der Waals surface area contributed by atoms with Crippen LogP contribution >= 0.6 is 0 Å². The van der Waals surface area contributed by atoms with Crippen molar-refractivity contribution in [3.63, 3.8) is 0 Å². The third-order valence-corrected chi connectivity index (χ3v) is 2.98. The number of rotatable bonds is 2. The Bertz CT molecular complexity index is 509. The number of nitrogens with one attached hydrogen (secondary N) is 1. The summed E-state index contributed by atoms with van der Waals surface area (Å²) in [6.45, 7) is 2.11. The van der Waals surface area contributed by atoms with Gasteiger partial charge in [0.05, 0.1) is 17.9 Å². The van der Waals surface area contributed by atoms with Gasteiger partial charge in [0.25, 0.3) is 0 Å². The Labute approximate surface area is 115 Å². The van der Waals surface area contributed by atoms with Crippen LogP contribution in [-0.2, 0) is 4.74 Å². The number of aromatic hydroxyl groups is 1. The molecule has 2 amide bonds. The first kappa shape index (κ1) is 14.1. The van der Waals surface area contributed by atoms with Gasteiger partial charge in [-0.15, -0.1) is 0 Å². The number of benzene rings is 1. The lowest BCUT2D eigenvalue weighted by Gasteiger charge is -2.20. The zero-order valence-electron chi connectivity index (χ0n) is 10.8. The van der Waals surface area contributed by atoms with Crippen molar-refractivity contribution in [2.24, 2.45) is 0 Å². The number of carbonyl (C=O) groups is 2. The highest BCUT2D eigenvalue weighted by Crippen LogP contribution is 2.21. The largest absolute Gasteiger partial charge is 0.508 e. The SMILES string of the molecule is O=C(O)c1cc(O)ccc1NC(=O)N1CCCOCC1. The van der Waals surface area contributed by atoms with Gasteiger partial charge in [0.2, 0.25) is 0 Å². The van der Waals surface area contributed by atoms with Crippen LogP contribution in [-0.4, -0.2) is 53.4 Å². The maximum atomic E-state index is 12.1. The molecular formula is C13H16N2O5. The third-order valence-electron chi connectivity index (χ3n) is 2.98. The van der Waals surface area contributed by atoms with E-state index in [4.69, 9.17) is 9.84 Å². The maximum absolute atomic E-state index is 12.1. The number of hydrogen-bond acceptors (Lipinski definition) is 4. The summed E-state index contributed by atoms with van der Waals surface area (Å²) in [6, 6.07) is 3.42. The van der Waals surface area contributed by atoms with Crippen molar-refractivity contribution in [2.45, 2.75) is 6.42 Å². The molecule has 0 spiro atoms. The average molecular weight is 280 g/mol. The molecule has 0 unspecified atom stereocenters. The second-order valence-electron chi connectivity index (χ2n) is 4.42. The van der Waals surface area contributed by atoms with E-state index in [-0.39, 0.29) is 23.0 Å². The number of carboxylic acids is 1. The van der Waals surface area contributed by atoms with Gasteiger partial charge in [-0.1, -0.05) is 0 Å². The number of carboxylic acid groups (broad SMARTS) is 1. The molecule has 0 aromatic heterocycles. The number of urea groups is 1. The number of ether oxygens (including phenoxy) is 1. The molecule has 108 valence electrons. The van der Waals surface area contributed by atoms with E-state index < -0.39 is 5.97 Å². The predicted molar refractivity (Wildman–Crippen MR) is 71.1 cm³/mol. The zero-order chi connectivity index (χ0) is 14.5. The summed E-state index contributed by atoms with van der Waals surface area (Å²) in [5, 5.41) is 20.9. The van der Waals surface area contributed by atoms with Crippen molar-refractivity contribution in [3.8, 4) is 5.75 Å². The highest BCUT2D eigenvalue weighted by Gasteiger charge is 2.18. The van der Waals surface area contributed by atoms with Gasteiger partial charge in [-0.3, -0.25) is 0 Å². The highest BCUT2D eigenvalue weighted by atomic mass is 16.5. The van der Waals surface area contributed by atoms with Gasteiger partial charge >= 0.3 is 12.0 Å². The Hall–Kier alpha value is -2.28. The molecule has 0 radical (unpaired) electrons. The fourth-order valence-corrected chi connectivity index (χ4v) is 1.96. The predicted octanol–water partition coefficient (Wildman–Crippen LogP) is 1.34. The lowest BCUT2D eigenvalue weighted by atomic mass is 10.1. The summed E-state index contributed by atoms with van der Waals surface area (Å²) in [6.07, 6.45) is 0.745. The van der Waals surface area contributed by atoms with E-state index in [1.54, 1.807) is 4.90 Å². The first-order valence-corrected chi connectivity index (χ1v) is 6.28. The van der Waals surface area contributed by atoms with Gasteiger partial charge in [-0.25, -0.2) is 9.59 Å². The Kier molecular flexibility index (Phi) is 4.41. The topological polar surface area (TPSA) is 99.1 Å². The minimum atomic E-state index is -1.21. The molecule has 1 aromatic carbocycles. The highest BCUT2D eigenvalue weighted by molar-refractivity contribution is 6.00. The molecular weight excluding hydrogens is 264 g/mol. The van der Waals surface area contributed by atoms with Gasteiger partial charge in [-0.05, 0) is 24.6 Å². The number of phenolic OH excluding ortho intramolecular Hbond substituents is 1. The molecule has 7 heteroatoms. The van der Waals surface area contributed by atoms with Crippen molar-refractivity contribution in [3.05, 3.63) is 23.8 Å². The third kappa shape index (κ3) is 3.39. The fourth-order valence-electron chi connectivity index (χ4n) is 1.96. The Morgan fingerprint density at radius 1 is 1.25 bits per heavy atom. The minimum Gasteiger partial charge on any atom is -0.508 e. The quantitative estimate of drug-likeness (QED) is 0.710. The number of aromatic carboxylic acids is 1. The molecule has 1 aliphatic heterocycles. The second kappa shape index (κ2) is 6.25. The monoisotopic (exact) mass is 280 g/mol. The molecule has 0 aliphatic carbocycles. The summed E-state index contributed by atoms with van der Waals surface area (Å²) in [5.41, 5.74) is 0.00915. The molecule has 0 atom stereocenters. The molecule has 1 heterocycles. The van der Waals surface area contributed by atoms with Crippen molar-refractivity contribution in [2.75, 3.05) is 31.6 Å². The number of anilines is 1. The van der Waals surface area contributed by atoms with Crippen LogP contribution in [0, 0.1) is 0 Å². The molecule has 0 saturated carbocycles. The molecule has 20 heavy (non-hydrogen) atoms. The van der Waals surface area contributed by atoms with Crippen LogP contribution in [0.1, 0.15) is 16.8 Å². The standard InChI is InChI=1S/C13H16N2O5/c16-9-2-3-11(10(8-9)12(17)18)14-13(19)15-4-1-6-20-7-5-15/h2-3,8,16H,1,4-7H2,(H,14,19)(H,17,18). The summed E-state index contributed by atoms with van der Waals surface area (Å²) < 4.78 is 5.25. The first-order chi connectivity index (χ1) is 9.58. The van der Waals surface area contributed by atoms with Gasteiger partial charge in [0.1, 0.15) is 5.75 Å². The molecule has 3 N–H and O–H groups in total. The number of hydrogen-bond donors (Lipinski definition) is 3. The molecule has 0 bridgehead atoms. The van der Waals surface area contributed by atoms with Crippen molar-refractivity contribution < 1.29 is 24.5 Å². The lowest BCUT2D eigenvalue weighted by Crippen LogP contribution is -2.37. The molecule has 1 aromatic rings. The Balaban J connectivity index is 2.12. The average Bonchev–Trinajstić information content (AvgIpc) is 2.69. The molecule has 1 aliphatic rings. The Morgan fingerprint density at radius 2 is 2.05 bits per heavy atom. The number of phenols is 1. The minimum absolute atomic E-state index is 0.149. The van der Waals surface area contributed by atoms with Crippen molar-refractivity contribution in [1.29, 1.82) is 0 Å². The van der Waals surface area contributed by atoms with Crippen LogP contribution in [0.15, 0.2) is 18.2 Å². The zero-order valence-corrected chi connectivity index (χ0v) is 10.8. The van der Waals surface area contributed by atoms with Gasteiger partial charge in [0, 0.05) is 19.7 Å². The van der Waals surface area contributed by atoms with Crippen molar-refractivity contribution in [1.82, 2.24) is 4.90 Å². The van der Waals surface area contributed by atoms with Gasteiger partial charge in [0.15, 0.2) is 0 Å². The summed E-state index contributed by atoms with van der Waals surface area (Å²) >= 11 is 0. The van der Waals surface area contributed by atoms with Crippen LogP contribution in [0.5, 0.6) is 5.75 Å². The first-order valence-electron chi connectivity index (χ1n) is 6.28. The smallest absolute Gasteiger partial charge is 0.337 e.